The summed E-state index contributed by atoms with van der Waals surface area (Å²) in [4.78, 5) is 130. The molecule has 6 aliphatic rings. The van der Waals surface area contributed by atoms with Crippen LogP contribution in [0.2, 0.25) is 0 Å². The topological polar surface area (TPSA) is 691 Å². The van der Waals surface area contributed by atoms with E-state index in [-0.39, 0.29) is 51.4 Å². The minimum atomic E-state index is -2.59. The lowest BCUT2D eigenvalue weighted by molar-refractivity contribution is -0.375. The molecule has 0 bridgehead atoms. The molecule has 30 unspecified atom stereocenters. The fourth-order valence-corrected chi connectivity index (χ4v) is 12.6. The van der Waals surface area contributed by atoms with Gasteiger partial charge in [0, 0.05) is 59.3 Å². The van der Waals surface area contributed by atoms with Crippen LogP contribution in [0.25, 0.3) is 0 Å². The molecule has 46 nitrogen and oxygen atoms in total. The highest BCUT2D eigenvalue weighted by Crippen LogP contribution is 2.38. The summed E-state index contributed by atoms with van der Waals surface area (Å²) in [6.45, 7) is 5.00. The van der Waals surface area contributed by atoms with Crippen molar-refractivity contribution in [3.05, 3.63) is 12.3 Å². The first-order chi connectivity index (χ1) is 51.1. The van der Waals surface area contributed by atoms with Gasteiger partial charge in [-0.2, -0.15) is 12.6 Å². The number of carbonyl (C=O) groups excluding carboxylic acids is 9. The van der Waals surface area contributed by atoms with Crippen LogP contribution in [0.5, 0.6) is 0 Å². The summed E-state index contributed by atoms with van der Waals surface area (Å²) in [5, 5.41) is 154. The lowest BCUT2D eigenvalue weighted by Crippen LogP contribution is -2.72. The number of hydrogen-bond donors (Lipinski definition) is 25. The highest BCUT2D eigenvalue weighted by atomic mass is 32.1. The molecule has 9 amide bonds. The van der Waals surface area contributed by atoms with E-state index < -0.39 is 263 Å². The van der Waals surface area contributed by atoms with Gasteiger partial charge in [-0.15, -0.1) is 0 Å². The van der Waals surface area contributed by atoms with E-state index in [9.17, 15) is 114 Å². The van der Waals surface area contributed by atoms with Gasteiger partial charge in [-0.3, -0.25) is 75.7 Å². The Balaban J connectivity index is 1.27. The van der Waals surface area contributed by atoms with Gasteiger partial charge in [-0.05, 0) is 51.2 Å². The first-order valence-electron chi connectivity index (χ1n) is 34.4. The maximum atomic E-state index is 14.6. The Bertz CT molecular complexity index is 3020. The number of nitrogens with one attached hydrogen (secondary N) is 10. The summed E-state index contributed by atoms with van der Waals surface area (Å²) in [7, 11) is 1.02. The van der Waals surface area contributed by atoms with E-state index in [0.717, 1.165) is 34.3 Å². The van der Waals surface area contributed by atoms with Gasteiger partial charge in [0.25, 0.3) is 11.8 Å². The number of aliphatic hydroxyl groups is 12. The zero-order chi connectivity index (χ0) is 80.1. The number of allylic oxidation sites excluding steroid dienone is 1. The molecule has 0 radical (unpaired) electrons. The molecule has 6 fully saturated rings. The predicted molar refractivity (Wildman–Crippen MR) is 354 cm³/mol. The molecular formula is C61H101N11O35S. The largest absolute Gasteiger partial charge is 0.479 e. The van der Waals surface area contributed by atoms with E-state index >= 15 is 0 Å². The van der Waals surface area contributed by atoms with Crippen molar-refractivity contribution in [2.75, 3.05) is 32.7 Å². The molecule has 6 heterocycles. The second kappa shape index (κ2) is 42.8. The summed E-state index contributed by atoms with van der Waals surface area (Å²) in [5.41, 5.74) is 16.0. The van der Waals surface area contributed by atoms with Gasteiger partial charge in [0.05, 0.1) is 32.0 Å². The molecule has 30 atom stereocenters. The number of amides is 9. The summed E-state index contributed by atoms with van der Waals surface area (Å²) in [6, 6.07) is -5.30. The molecule has 0 aromatic carbocycles. The fraction of sp³-hybridized carbons (Fsp3) is 0.803. The molecule has 0 saturated carbocycles. The first kappa shape index (κ1) is 90.5. The number of nitrogens with two attached hydrogens (primary N) is 1. The number of aliphatic hydroxyl groups excluding tert-OH is 12. The van der Waals surface area contributed by atoms with Crippen LogP contribution < -0.4 is 59.8 Å². The number of rotatable bonds is 35. The molecule has 0 spiro atoms. The molecule has 0 aliphatic carbocycles. The lowest BCUT2D eigenvalue weighted by Gasteiger charge is -2.51. The third-order valence-corrected chi connectivity index (χ3v) is 18.3. The third kappa shape index (κ3) is 24.1. The van der Waals surface area contributed by atoms with Crippen LogP contribution in [0.4, 0.5) is 0 Å². The average molecular weight is 1580 g/mol. The number of hydrogen-bond acceptors (Lipinski definition) is 37. The van der Waals surface area contributed by atoms with Gasteiger partial charge in [-0.25, -0.2) is 10.6 Å². The second-order valence-corrected chi connectivity index (χ2v) is 26.5. The standard InChI is InChI=1S/C61H101N11O35S/c1-21(12-11-17-108)67-68-30(80)14-9-10-16-32(82)69-71-54(92)51-48(96-6)39(86)42(89)59(105-51)101-46-34(64-24(4)77)57(98-27(19-74)37(46)84)103-49-40(87)43(90)60(106-52(49)55(93)72-70-31(81)15-8-7-13-29(79)66-62)102-47-35(65-25(5)78)58(99-28(20-75)38(47)85)104-50-41(88)44(91)61(107-53(50)56(94)95)100-45-33(63-23(3)76)22(2)97-26(18-73)36(45)83/h22,26-28,33-53,57-61,67,73-75,83-91,108H,1,7-20,62H2,2-6H3,(H,63,76)(H,64,77)(H,65,78)(H,66,79)(H,68,80)(H,69,82)(H,70,81)(H,71,92)(H,72,93)(H,94,95). The normalized spacial score (nSPS) is 36.9. The van der Waals surface area contributed by atoms with Crippen molar-refractivity contribution in [2.45, 2.75) is 276 Å². The zero-order valence-electron chi connectivity index (χ0n) is 59.2. The quantitative estimate of drug-likeness (QED) is 0.00921. The molecule has 6 saturated heterocycles. The number of hydrazine groups is 4. The lowest BCUT2D eigenvalue weighted by atomic mass is 9.92. The number of unbranched alkanes of at least 4 members (excludes halogenated alkanes) is 2. The first-order valence-corrected chi connectivity index (χ1v) is 35.0. The Morgan fingerprint density at radius 1 is 0.407 bits per heavy atom. The smallest absolute Gasteiger partial charge is 0.335 e. The summed E-state index contributed by atoms with van der Waals surface area (Å²) < 4.78 is 70.1. The van der Waals surface area contributed by atoms with Crippen LogP contribution >= 0.6 is 12.6 Å². The number of carbonyl (C=O) groups is 10. The van der Waals surface area contributed by atoms with Crippen molar-refractivity contribution in [3.63, 3.8) is 0 Å². The van der Waals surface area contributed by atoms with E-state index in [2.05, 4.69) is 62.3 Å². The zero-order valence-corrected chi connectivity index (χ0v) is 60.1. The van der Waals surface area contributed by atoms with Crippen molar-refractivity contribution in [2.24, 2.45) is 5.84 Å². The minimum Gasteiger partial charge on any atom is -0.479 e. The van der Waals surface area contributed by atoms with E-state index in [4.69, 9.17) is 62.7 Å². The van der Waals surface area contributed by atoms with Gasteiger partial charge in [-0.1, -0.05) is 6.58 Å². The maximum Gasteiger partial charge on any atom is 0.335 e. The van der Waals surface area contributed by atoms with E-state index in [0.29, 0.717) is 17.9 Å². The molecule has 108 heavy (non-hydrogen) atoms. The van der Waals surface area contributed by atoms with Crippen LogP contribution in [0.1, 0.15) is 91.9 Å². The number of ether oxygens (including phenoxy) is 12. The van der Waals surface area contributed by atoms with Crippen molar-refractivity contribution < 1.29 is 171 Å². The minimum absolute atomic E-state index is 0.00417. The number of carboxylic acids is 1. The highest BCUT2D eigenvalue weighted by molar-refractivity contribution is 7.80. The molecule has 0 aromatic rings. The van der Waals surface area contributed by atoms with Gasteiger partial charge in [0.15, 0.2) is 49.8 Å². The Kier molecular flexibility index (Phi) is 35.9. The van der Waals surface area contributed by atoms with E-state index in [1.165, 1.54) is 6.92 Å². The predicted octanol–water partition coefficient (Wildman–Crippen LogP) is -12.6. The van der Waals surface area contributed by atoms with Crippen molar-refractivity contribution in [1.82, 2.24) is 53.9 Å². The monoisotopic (exact) mass is 1580 g/mol. The van der Waals surface area contributed by atoms with Crippen molar-refractivity contribution in [3.8, 4) is 0 Å². The molecule has 47 heteroatoms. The molecule has 0 aromatic heterocycles. The maximum absolute atomic E-state index is 14.6. The third-order valence-electron chi connectivity index (χ3n) is 18.0. The van der Waals surface area contributed by atoms with Crippen LogP contribution in [0.15, 0.2) is 12.3 Å². The molecule has 616 valence electrons. The van der Waals surface area contributed by atoms with Crippen LogP contribution in [-0.2, 0) is 105 Å². The van der Waals surface area contributed by atoms with Crippen LogP contribution in [-0.4, -0.2) is 342 Å². The number of thiol groups is 1. The summed E-state index contributed by atoms with van der Waals surface area (Å²) >= 11 is 4.13. The van der Waals surface area contributed by atoms with Crippen molar-refractivity contribution in [1.29, 1.82) is 0 Å². The Morgan fingerprint density at radius 3 is 1.11 bits per heavy atom. The van der Waals surface area contributed by atoms with Gasteiger partial charge in [0.2, 0.25) is 41.4 Å². The summed E-state index contributed by atoms with van der Waals surface area (Å²) in [6.07, 6.45) is -56.2. The summed E-state index contributed by atoms with van der Waals surface area (Å²) in [5.74, 6) is -4.21. The van der Waals surface area contributed by atoms with E-state index in [1.54, 1.807) is 0 Å². The molecular weight excluding hydrogens is 1480 g/mol. The van der Waals surface area contributed by atoms with Gasteiger partial charge >= 0.3 is 5.97 Å². The average Bonchev–Trinajstić information content (AvgIpc) is 0.762. The number of carboxylic acid groups (broad SMARTS) is 1. The molecule has 6 rings (SSSR count). The highest BCUT2D eigenvalue weighted by Gasteiger charge is 2.60. The Labute approximate surface area is 621 Å². The van der Waals surface area contributed by atoms with Crippen LogP contribution in [0.3, 0.4) is 0 Å². The van der Waals surface area contributed by atoms with Gasteiger partial charge < -0.3 is 145 Å². The molecule has 6 aliphatic heterocycles. The fourth-order valence-electron chi connectivity index (χ4n) is 12.5. The second-order valence-electron chi connectivity index (χ2n) is 26.1. The Morgan fingerprint density at radius 2 is 0.741 bits per heavy atom. The Hall–Kier alpha value is -6.41. The number of aliphatic carboxylic acids is 1. The van der Waals surface area contributed by atoms with Crippen LogP contribution in [0, 0.1) is 0 Å². The molecule has 25 N–H and O–H groups in total. The SMILES string of the molecule is C=C(CCCS)NNC(=O)CCCCC(=O)NNC(=O)C1OC(OC2C(O)C(CO)OC(OC3C(C(=O)NNC(=O)CCCCC(=O)NN)OC(OC4C(O)C(CO)OC(OC5C(C(=O)O)OC(OC6C(O)C(CO)OC(C)C6NC(C)=O)C(O)C5O)C4NC(C)=O)C(O)C3O)C2NC(C)=O)C(O)C(O)C1OC. The van der Waals surface area contributed by atoms with Gasteiger partial charge in [0.1, 0.15) is 122 Å². The number of methoxy groups -OCH3 is 1. The van der Waals surface area contributed by atoms with E-state index in [1.807, 2.05) is 10.9 Å². The van der Waals surface area contributed by atoms with Crippen molar-refractivity contribution >= 4 is 71.8 Å².